The average molecular weight is 365 g/mol. The monoisotopic (exact) mass is 364 g/mol. The van der Waals surface area contributed by atoms with Gasteiger partial charge in [-0.1, -0.05) is 28.1 Å². The van der Waals surface area contributed by atoms with Crippen LogP contribution in [-0.4, -0.2) is 28.8 Å². The van der Waals surface area contributed by atoms with Gasteiger partial charge in [0, 0.05) is 29.3 Å². The molecule has 6 heteroatoms. The number of aryl methyl sites for hydroxylation is 1. The predicted octanol–water partition coefficient (Wildman–Crippen LogP) is 2.19. The Bertz CT molecular complexity index is 623. The summed E-state index contributed by atoms with van der Waals surface area (Å²) in [5.74, 6) is -0.0416. The lowest BCUT2D eigenvalue weighted by molar-refractivity contribution is -0.123. The van der Waals surface area contributed by atoms with Crippen LogP contribution in [0.25, 0.3) is 0 Å². The Hall–Kier alpha value is -1.66. The van der Waals surface area contributed by atoms with E-state index in [-0.39, 0.29) is 18.0 Å². The van der Waals surface area contributed by atoms with Crippen LogP contribution in [0, 0.1) is 0 Å². The molecule has 0 saturated carbocycles. The van der Waals surface area contributed by atoms with Crippen LogP contribution in [0.1, 0.15) is 24.1 Å². The van der Waals surface area contributed by atoms with E-state index in [1.807, 2.05) is 32.3 Å². The van der Waals surface area contributed by atoms with Crippen molar-refractivity contribution >= 4 is 21.8 Å². The van der Waals surface area contributed by atoms with Gasteiger partial charge in [0.1, 0.15) is 6.04 Å². The van der Waals surface area contributed by atoms with Crippen molar-refractivity contribution in [2.75, 3.05) is 7.05 Å². The maximum Gasteiger partial charge on any atom is 0.242 e. The lowest BCUT2D eigenvalue weighted by Crippen LogP contribution is -2.41. The van der Waals surface area contributed by atoms with Crippen molar-refractivity contribution in [2.45, 2.75) is 25.4 Å². The minimum atomic E-state index is -0.388. The molecule has 1 amide bonds. The highest BCUT2D eigenvalue weighted by atomic mass is 79.9. The molecule has 2 rings (SSSR count). The van der Waals surface area contributed by atoms with Gasteiger partial charge < -0.3 is 10.6 Å². The van der Waals surface area contributed by atoms with E-state index in [0.717, 1.165) is 16.5 Å². The molecule has 0 aliphatic carbocycles. The Morgan fingerprint density at radius 1 is 1.36 bits per heavy atom. The molecule has 0 bridgehead atoms. The van der Waals surface area contributed by atoms with Gasteiger partial charge in [0.25, 0.3) is 0 Å². The molecule has 2 aromatic rings. The molecule has 0 aliphatic rings. The van der Waals surface area contributed by atoms with Gasteiger partial charge in [-0.15, -0.1) is 0 Å². The van der Waals surface area contributed by atoms with Crippen LogP contribution in [0.2, 0.25) is 0 Å². The molecular formula is C16H21BrN4O. The van der Waals surface area contributed by atoms with E-state index in [4.69, 9.17) is 0 Å². The van der Waals surface area contributed by atoms with Crippen molar-refractivity contribution in [3.05, 3.63) is 52.3 Å². The zero-order valence-corrected chi connectivity index (χ0v) is 14.6. The van der Waals surface area contributed by atoms with Crippen LogP contribution in [0.4, 0.5) is 0 Å². The van der Waals surface area contributed by atoms with E-state index in [1.165, 1.54) is 5.56 Å². The summed E-state index contributed by atoms with van der Waals surface area (Å²) in [5, 5.41) is 10.2. The van der Waals surface area contributed by atoms with Gasteiger partial charge in [0.2, 0.25) is 5.91 Å². The number of aromatic nitrogens is 2. The second-order valence-corrected chi connectivity index (χ2v) is 6.32. The van der Waals surface area contributed by atoms with Crippen molar-refractivity contribution in [1.82, 2.24) is 20.4 Å². The van der Waals surface area contributed by atoms with E-state index >= 15 is 0 Å². The summed E-state index contributed by atoms with van der Waals surface area (Å²) in [4.78, 5) is 12.4. The van der Waals surface area contributed by atoms with Crippen LogP contribution in [0.5, 0.6) is 0 Å². The molecule has 2 atom stereocenters. The van der Waals surface area contributed by atoms with Gasteiger partial charge >= 0.3 is 0 Å². The molecule has 118 valence electrons. The highest BCUT2D eigenvalue weighted by Gasteiger charge is 2.21. The summed E-state index contributed by atoms with van der Waals surface area (Å²) in [7, 11) is 3.61. The van der Waals surface area contributed by atoms with Crippen molar-refractivity contribution in [1.29, 1.82) is 0 Å². The fourth-order valence-electron chi connectivity index (χ4n) is 2.39. The van der Waals surface area contributed by atoms with Gasteiger partial charge in [0.15, 0.2) is 0 Å². The molecule has 0 saturated heterocycles. The molecule has 0 fully saturated rings. The number of benzene rings is 1. The van der Waals surface area contributed by atoms with E-state index in [1.54, 1.807) is 17.9 Å². The van der Waals surface area contributed by atoms with Crippen molar-refractivity contribution in [2.24, 2.45) is 7.05 Å². The highest BCUT2D eigenvalue weighted by molar-refractivity contribution is 9.10. The van der Waals surface area contributed by atoms with Gasteiger partial charge in [-0.05, 0) is 38.1 Å². The third kappa shape index (κ3) is 4.42. The first-order chi connectivity index (χ1) is 10.5. The first-order valence-electron chi connectivity index (χ1n) is 7.20. The highest BCUT2D eigenvalue weighted by Crippen LogP contribution is 2.14. The predicted molar refractivity (Wildman–Crippen MR) is 90.5 cm³/mol. The number of halogens is 1. The molecule has 2 N–H and O–H groups in total. The summed E-state index contributed by atoms with van der Waals surface area (Å²) in [6, 6.07) is 7.81. The average Bonchev–Trinajstić information content (AvgIpc) is 2.88. The zero-order valence-electron chi connectivity index (χ0n) is 13.0. The molecule has 0 spiro atoms. The van der Waals surface area contributed by atoms with Gasteiger partial charge in [-0.3, -0.25) is 9.48 Å². The minimum Gasteiger partial charge on any atom is -0.352 e. The SMILES string of the molecule is CNC(C(=O)NC(C)Cc1ccc(Br)cc1)c1cnn(C)c1. The van der Waals surface area contributed by atoms with Crippen LogP contribution >= 0.6 is 15.9 Å². The number of nitrogens with one attached hydrogen (secondary N) is 2. The van der Waals surface area contributed by atoms with Gasteiger partial charge in [0.05, 0.1) is 6.20 Å². The fourth-order valence-corrected chi connectivity index (χ4v) is 2.65. The summed E-state index contributed by atoms with van der Waals surface area (Å²) in [5.41, 5.74) is 2.05. The number of likely N-dealkylation sites (N-methyl/N-ethyl adjacent to an activating group) is 1. The Morgan fingerprint density at radius 3 is 2.59 bits per heavy atom. The normalized spacial score (nSPS) is 13.6. The topological polar surface area (TPSA) is 59.0 Å². The fraction of sp³-hybridized carbons (Fsp3) is 0.375. The number of carbonyl (C=O) groups excluding carboxylic acids is 1. The summed E-state index contributed by atoms with van der Waals surface area (Å²) in [6.45, 7) is 2.01. The molecule has 0 radical (unpaired) electrons. The van der Waals surface area contributed by atoms with E-state index < -0.39 is 0 Å². The van der Waals surface area contributed by atoms with Crippen LogP contribution < -0.4 is 10.6 Å². The third-order valence-electron chi connectivity index (χ3n) is 3.45. The smallest absolute Gasteiger partial charge is 0.242 e. The Labute approximate surface area is 139 Å². The van der Waals surface area contributed by atoms with Crippen molar-refractivity contribution in [3.63, 3.8) is 0 Å². The number of rotatable bonds is 6. The summed E-state index contributed by atoms with van der Waals surface area (Å²) >= 11 is 3.42. The molecule has 5 nitrogen and oxygen atoms in total. The quantitative estimate of drug-likeness (QED) is 0.825. The largest absolute Gasteiger partial charge is 0.352 e. The maximum absolute atomic E-state index is 12.4. The number of amides is 1. The Morgan fingerprint density at radius 2 is 2.05 bits per heavy atom. The number of hydrogen-bond acceptors (Lipinski definition) is 3. The molecule has 2 unspecified atom stereocenters. The molecule has 1 aromatic heterocycles. The molecular weight excluding hydrogens is 344 g/mol. The molecule has 0 aliphatic heterocycles. The maximum atomic E-state index is 12.4. The Kier molecular flexibility index (Phi) is 5.74. The van der Waals surface area contributed by atoms with Gasteiger partial charge in [-0.2, -0.15) is 5.10 Å². The Balaban J connectivity index is 1.96. The van der Waals surface area contributed by atoms with E-state index in [0.29, 0.717) is 0 Å². The standard InChI is InChI=1S/C16H21BrN4O/c1-11(8-12-4-6-14(17)7-5-12)20-16(22)15(18-2)13-9-19-21(3)10-13/h4-7,9-11,15,18H,8H2,1-3H3,(H,20,22). The number of hydrogen-bond donors (Lipinski definition) is 2. The zero-order chi connectivity index (χ0) is 16.1. The summed E-state index contributed by atoms with van der Waals surface area (Å²) in [6.07, 6.45) is 4.35. The molecule has 1 aromatic carbocycles. The second kappa shape index (κ2) is 7.56. The summed E-state index contributed by atoms with van der Waals surface area (Å²) < 4.78 is 2.75. The third-order valence-corrected chi connectivity index (χ3v) is 3.98. The van der Waals surface area contributed by atoms with E-state index in [2.05, 4.69) is 43.8 Å². The number of carbonyl (C=O) groups is 1. The molecule has 1 heterocycles. The second-order valence-electron chi connectivity index (χ2n) is 5.41. The number of nitrogens with zero attached hydrogens (tertiary/aromatic N) is 2. The van der Waals surface area contributed by atoms with Crippen LogP contribution in [0.15, 0.2) is 41.1 Å². The van der Waals surface area contributed by atoms with E-state index in [9.17, 15) is 4.79 Å². The molecule has 22 heavy (non-hydrogen) atoms. The van der Waals surface area contributed by atoms with Gasteiger partial charge in [-0.25, -0.2) is 0 Å². The first kappa shape index (κ1) is 16.7. The van der Waals surface area contributed by atoms with Crippen molar-refractivity contribution < 1.29 is 4.79 Å². The van der Waals surface area contributed by atoms with Crippen LogP contribution in [0.3, 0.4) is 0 Å². The lowest BCUT2D eigenvalue weighted by atomic mass is 10.1. The van der Waals surface area contributed by atoms with Crippen LogP contribution in [-0.2, 0) is 18.3 Å². The minimum absolute atomic E-state index is 0.0416. The lowest BCUT2D eigenvalue weighted by Gasteiger charge is -2.19. The van der Waals surface area contributed by atoms with Crippen molar-refractivity contribution in [3.8, 4) is 0 Å². The first-order valence-corrected chi connectivity index (χ1v) is 7.99.